The maximum Gasteiger partial charge on any atom is 0.0265 e. The Kier molecular flexibility index (Phi) is 4.27. The van der Waals surface area contributed by atoms with Crippen LogP contribution in [-0.4, -0.2) is 24.5 Å². The molecule has 1 nitrogen and oxygen atoms in total. The van der Waals surface area contributed by atoms with Crippen molar-refractivity contribution in [1.82, 2.24) is 4.90 Å². The number of rotatable bonds is 3. The summed E-state index contributed by atoms with van der Waals surface area (Å²) >= 11 is 0. The summed E-state index contributed by atoms with van der Waals surface area (Å²) in [4.78, 5) is 2.45. The van der Waals surface area contributed by atoms with E-state index in [1.165, 1.54) is 37.7 Å². The average molecular weight is 179 g/mol. The van der Waals surface area contributed by atoms with Crippen LogP contribution in [0.25, 0.3) is 0 Å². The highest BCUT2D eigenvalue weighted by Gasteiger charge is 2.17. The van der Waals surface area contributed by atoms with E-state index >= 15 is 0 Å². The molecule has 0 atom stereocenters. The molecular formula is C12H21N. The van der Waals surface area contributed by atoms with Crippen molar-refractivity contribution in [3.8, 4) is 0 Å². The van der Waals surface area contributed by atoms with Gasteiger partial charge < -0.3 is 0 Å². The average Bonchev–Trinajstić information content (AvgIpc) is 2.19. The van der Waals surface area contributed by atoms with Gasteiger partial charge in [-0.05, 0) is 32.4 Å². The zero-order valence-electron chi connectivity index (χ0n) is 8.97. The molecular weight excluding hydrogens is 158 g/mol. The van der Waals surface area contributed by atoms with Crippen LogP contribution < -0.4 is 0 Å². The summed E-state index contributed by atoms with van der Waals surface area (Å²) in [5, 5.41) is 0. The zero-order valence-corrected chi connectivity index (χ0v) is 8.97. The van der Waals surface area contributed by atoms with E-state index in [1.54, 1.807) is 0 Å². The summed E-state index contributed by atoms with van der Waals surface area (Å²) in [5.74, 6) is 0. The van der Waals surface area contributed by atoms with Gasteiger partial charge in [-0.25, -0.2) is 0 Å². The fourth-order valence-electron chi connectivity index (χ4n) is 2.08. The minimum Gasteiger partial charge on any atom is -0.299 e. The van der Waals surface area contributed by atoms with Crippen molar-refractivity contribution in [3.05, 3.63) is 17.9 Å². The van der Waals surface area contributed by atoms with Crippen LogP contribution in [0.2, 0.25) is 0 Å². The second kappa shape index (κ2) is 5.26. The van der Waals surface area contributed by atoms with Crippen molar-refractivity contribution in [3.63, 3.8) is 0 Å². The Morgan fingerprint density at radius 1 is 1.38 bits per heavy atom. The van der Waals surface area contributed by atoms with E-state index in [9.17, 15) is 0 Å². The lowest BCUT2D eigenvalue weighted by Crippen LogP contribution is -2.34. The van der Waals surface area contributed by atoms with E-state index in [2.05, 4.69) is 31.2 Å². The Morgan fingerprint density at radius 2 is 2.00 bits per heavy atom. The van der Waals surface area contributed by atoms with Gasteiger partial charge in [0, 0.05) is 12.6 Å². The fraction of sp³-hybridized carbons (Fsp3) is 0.750. The van der Waals surface area contributed by atoms with Gasteiger partial charge in [0.05, 0.1) is 0 Å². The van der Waals surface area contributed by atoms with Crippen LogP contribution in [0, 0.1) is 0 Å². The van der Waals surface area contributed by atoms with Crippen molar-refractivity contribution < 1.29 is 0 Å². The molecule has 1 rings (SSSR count). The Bertz CT molecular complexity index is 195. The molecule has 0 bridgehead atoms. The molecule has 1 aliphatic carbocycles. The minimum atomic E-state index is 0.803. The van der Waals surface area contributed by atoms with Crippen molar-refractivity contribution in [2.24, 2.45) is 0 Å². The maximum atomic E-state index is 3.67. The highest BCUT2D eigenvalue weighted by molar-refractivity contribution is 4.97. The molecule has 1 saturated carbocycles. The van der Waals surface area contributed by atoms with Crippen LogP contribution in [0.4, 0.5) is 0 Å². The van der Waals surface area contributed by atoms with Gasteiger partial charge >= 0.3 is 0 Å². The summed E-state index contributed by atoms with van der Waals surface area (Å²) < 4.78 is 0. The quantitative estimate of drug-likeness (QED) is 0.602. The molecule has 1 aliphatic rings. The predicted octanol–water partition coefficient (Wildman–Crippen LogP) is 2.98. The third-order valence-electron chi connectivity index (χ3n) is 2.99. The van der Waals surface area contributed by atoms with Gasteiger partial charge in [-0.1, -0.05) is 25.8 Å². The molecule has 74 valence electrons. The van der Waals surface area contributed by atoms with Gasteiger partial charge in [0.1, 0.15) is 0 Å². The molecule has 0 unspecified atom stereocenters. The molecule has 0 aromatic rings. The molecule has 0 saturated heterocycles. The zero-order chi connectivity index (χ0) is 9.68. The second-order valence-electron chi connectivity index (χ2n) is 4.16. The Hall–Kier alpha value is -0.520. The minimum absolute atomic E-state index is 0.803. The van der Waals surface area contributed by atoms with E-state index in [0.717, 1.165) is 12.6 Å². The first-order valence-electron chi connectivity index (χ1n) is 5.30. The Labute approximate surface area is 82.1 Å². The topological polar surface area (TPSA) is 3.24 Å². The molecule has 1 fully saturated rings. The molecule has 0 aromatic carbocycles. The summed E-state index contributed by atoms with van der Waals surface area (Å²) in [5.41, 5.74) is 4.22. The summed E-state index contributed by atoms with van der Waals surface area (Å²) in [7, 11) is 2.22. The first kappa shape index (κ1) is 10.6. The van der Waals surface area contributed by atoms with Crippen molar-refractivity contribution in [2.45, 2.75) is 45.1 Å². The molecule has 0 amide bonds. The van der Waals surface area contributed by atoms with Crippen LogP contribution in [0.1, 0.15) is 39.0 Å². The predicted molar refractivity (Wildman–Crippen MR) is 57.8 cm³/mol. The number of nitrogens with zero attached hydrogens (tertiary/aromatic N) is 1. The van der Waals surface area contributed by atoms with Crippen LogP contribution in [0.5, 0.6) is 0 Å². The number of hydrogen-bond acceptors (Lipinski definition) is 1. The SMILES string of the molecule is C=C=C(C)CN(C)C1CCCCC1. The molecule has 0 spiro atoms. The van der Waals surface area contributed by atoms with E-state index in [1.807, 2.05) is 0 Å². The summed E-state index contributed by atoms with van der Waals surface area (Å²) in [6.07, 6.45) is 7.00. The largest absolute Gasteiger partial charge is 0.299 e. The van der Waals surface area contributed by atoms with Crippen molar-refractivity contribution >= 4 is 0 Å². The standard InChI is InChI=1S/C12H21N/c1-4-11(2)10-13(3)12-8-6-5-7-9-12/h12H,1,5-10H2,2-3H3. The molecule has 1 heteroatoms. The molecule has 0 aliphatic heterocycles. The third-order valence-corrected chi connectivity index (χ3v) is 2.99. The van der Waals surface area contributed by atoms with Crippen LogP contribution in [0.3, 0.4) is 0 Å². The highest BCUT2D eigenvalue weighted by Crippen LogP contribution is 2.21. The van der Waals surface area contributed by atoms with E-state index in [0.29, 0.717) is 0 Å². The molecule has 0 radical (unpaired) electrons. The maximum absolute atomic E-state index is 3.67. The smallest absolute Gasteiger partial charge is 0.0265 e. The second-order valence-corrected chi connectivity index (χ2v) is 4.16. The fourth-order valence-corrected chi connectivity index (χ4v) is 2.08. The highest BCUT2D eigenvalue weighted by atomic mass is 15.1. The van der Waals surface area contributed by atoms with Crippen LogP contribution >= 0.6 is 0 Å². The van der Waals surface area contributed by atoms with Gasteiger partial charge in [-0.15, -0.1) is 5.73 Å². The van der Waals surface area contributed by atoms with Gasteiger partial charge in [-0.3, -0.25) is 4.90 Å². The molecule has 0 heterocycles. The van der Waals surface area contributed by atoms with Gasteiger partial charge in [0.15, 0.2) is 0 Å². The lowest BCUT2D eigenvalue weighted by atomic mass is 9.94. The molecule has 13 heavy (non-hydrogen) atoms. The van der Waals surface area contributed by atoms with E-state index < -0.39 is 0 Å². The Morgan fingerprint density at radius 3 is 2.54 bits per heavy atom. The first-order chi connectivity index (χ1) is 6.24. The normalized spacial score (nSPS) is 18.7. The Balaban J connectivity index is 2.37. The van der Waals surface area contributed by atoms with E-state index in [4.69, 9.17) is 0 Å². The van der Waals surface area contributed by atoms with Crippen LogP contribution in [0.15, 0.2) is 17.9 Å². The van der Waals surface area contributed by atoms with Gasteiger partial charge in [0.25, 0.3) is 0 Å². The summed E-state index contributed by atoms with van der Waals surface area (Å²) in [6, 6.07) is 0.803. The lowest BCUT2D eigenvalue weighted by molar-refractivity contribution is 0.205. The number of hydrogen-bond donors (Lipinski definition) is 0. The molecule has 0 aromatic heterocycles. The first-order valence-corrected chi connectivity index (χ1v) is 5.30. The lowest BCUT2D eigenvalue weighted by Gasteiger charge is -2.31. The van der Waals surface area contributed by atoms with Gasteiger partial charge in [-0.2, -0.15) is 0 Å². The van der Waals surface area contributed by atoms with E-state index in [-0.39, 0.29) is 0 Å². The molecule has 0 N–H and O–H groups in total. The summed E-state index contributed by atoms with van der Waals surface area (Å²) in [6.45, 7) is 6.81. The van der Waals surface area contributed by atoms with Crippen LogP contribution in [-0.2, 0) is 0 Å². The van der Waals surface area contributed by atoms with Crippen molar-refractivity contribution in [1.29, 1.82) is 0 Å². The monoisotopic (exact) mass is 179 g/mol. The van der Waals surface area contributed by atoms with Gasteiger partial charge in [0.2, 0.25) is 0 Å². The number of likely N-dealkylation sites (N-methyl/N-ethyl adjacent to an activating group) is 1. The van der Waals surface area contributed by atoms with Crippen molar-refractivity contribution in [2.75, 3.05) is 13.6 Å². The third kappa shape index (κ3) is 3.38.